The van der Waals surface area contributed by atoms with Gasteiger partial charge in [-0.3, -0.25) is 10.1 Å². The molecule has 8 heteroatoms. The summed E-state index contributed by atoms with van der Waals surface area (Å²) in [5.74, 6) is 0.663. The van der Waals surface area contributed by atoms with Crippen molar-refractivity contribution in [3.63, 3.8) is 0 Å². The van der Waals surface area contributed by atoms with E-state index in [2.05, 4.69) is 20.9 Å². The van der Waals surface area contributed by atoms with Gasteiger partial charge in [-0.15, -0.1) is 11.3 Å². The number of thiazole rings is 1. The number of carbonyl (C=O) groups excluding carboxylic acids is 2. The maximum Gasteiger partial charge on any atom is 0.321 e. The molecule has 150 valence electrons. The minimum atomic E-state index is -0.204. The van der Waals surface area contributed by atoms with E-state index in [0.717, 1.165) is 30.0 Å². The van der Waals surface area contributed by atoms with Gasteiger partial charge in [0, 0.05) is 23.5 Å². The number of hydrogen-bond acceptors (Lipinski definition) is 5. The van der Waals surface area contributed by atoms with Crippen LogP contribution in [0.2, 0.25) is 0 Å². The van der Waals surface area contributed by atoms with Crippen LogP contribution in [0.15, 0.2) is 29.6 Å². The molecule has 3 amide bonds. The summed E-state index contributed by atoms with van der Waals surface area (Å²) in [5.41, 5.74) is 1.52. The fourth-order valence-corrected chi connectivity index (χ4v) is 3.92. The number of methoxy groups -OCH3 is 1. The Hall–Kier alpha value is -2.61. The minimum absolute atomic E-state index is 0.0808. The number of rotatable bonds is 7. The summed E-state index contributed by atoms with van der Waals surface area (Å²) in [6.07, 6.45) is 6.52. The van der Waals surface area contributed by atoms with Gasteiger partial charge in [0.2, 0.25) is 5.91 Å². The van der Waals surface area contributed by atoms with Gasteiger partial charge in [-0.1, -0.05) is 19.3 Å². The molecule has 1 aliphatic rings. The van der Waals surface area contributed by atoms with Gasteiger partial charge in [0.25, 0.3) is 0 Å². The van der Waals surface area contributed by atoms with E-state index in [0.29, 0.717) is 18.0 Å². The lowest BCUT2D eigenvalue weighted by atomic mass is 9.96. The number of aromatic nitrogens is 1. The van der Waals surface area contributed by atoms with Crippen LogP contribution in [-0.4, -0.2) is 30.1 Å². The number of nitrogens with one attached hydrogen (secondary N) is 3. The highest BCUT2D eigenvalue weighted by Crippen LogP contribution is 2.20. The maximum atomic E-state index is 12.1. The number of nitrogens with zero attached hydrogens (tertiary/aromatic N) is 1. The molecule has 1 heterocycles. The van der Waals surface area contributed by atoms with Crippen LogP contribution in [0.3, 0.4) is 0 Å². The largest absolute Gasteiger partial charge is 0.497 e. The lowest BCUT2D eigenvalue weighted by molar-refractivity contribution is -0.116. The van der Waals surface area contributed by atoms with Crippen LogP contribution in [0.25, 0.3) is 0 Å². The van der Waals surface area contributed by atoms with Crippen LogP contribution in [0.4, 0.5) is 15.6 Å². The van der Waals surface area contributed by atoms with Crippen molar-refractivity contribution >= 4 is 34.1 Å². The third-order valence-electron chi connectivity index (χ3n) is 4.69. The van der Waals surface area contributed by atoms with E-state index in [1.54, 1.807) is 31.4 Å². The molecule has 0 atom stereocenters. The van der Waals surface area contributed by atoms with Crippen molar-refractivity contribution in [3.05, 3.63) is 35.3 Å². The van der Waals surface area contributed by atoms with Crippen LogP contribution in [0, 0.1) is 0 Å². The predicted molar refractivity (Wildman–Crippen MR) is 111 cm³/mol. The van der Waals surface area contributed by atoms with E-state index in [1.807, 2.05) is 5.38 Å². The Bertz CT molecular complexity index is 785. The number of hydrogen-bond donors (Lipinski definition) is 3. The average Bonchev–Trinajstić information content (AvgIpc) is 3.15. The van der Waals surface area contributed by atoms with Gasteiger partial charge in [0.1, 0.15) is 5.75 Å². The zero-order valence-corrected chi connectivity index (χ0v) is 16.8. The van der Waals surface area contributed by atoms with Gasteiger partial charge in [-0.25, -0.2) is 9.78 Å². The number of anilines is 2. The molecule has 3 N–H and O–H groups in total. The molecule has 1 saturated carbocycles. The molecule has 0 radical (unpaired) electrons. The lowest BCUT2D eigenvalue weighted by Gasteiger charge is -2.22. The van der Waals surface area contributed by atoms with Crippen molar-refractivity contribution in [1.82, 2.24) is 10.3 Å². The Morgan fingerprint density at radius 1 is 1.14 bits per heavy atom. The van der Waals surface area contributed by atoms with Gasteiger partial charge < -0.3 is 15.4 Å². The number of carbonyl (C=O) groups is 2. The second-order valence-electron chi connectivity index (χ2n) is 6.85. The van der Waals surface area contributed by atoms with Gasteiger partial charge in [-0.2, -0.15) is 0 Å². The first-order valence-electron chi connectivity index (χ1n) is 9.58. The van der Waals surface area contributed by atoms with Gasteiger partial charge in [0.05, 0.1) is 12.8 Å². The van der Waals surface area contributed by atoms with Crippen molar-refractivity contribution in [2.24, 2.45) is 0 Å². The zero-order chi connectivity index (χ0) is 19.8. The smallest absolute Gasteiger partial charge is 0.321 e. The van der Waals surface area contributed by atoms with Crippen LogP contribution >= 0.6 is 11.3 Å². The number of aryl methyl sites for hydroxylation is 1. The second-order valence-corrected chi connectivity index (χ2v) is 7.71. The topological polar surface area (TPSA) is 92.4 Å². The highest BCUT2D eigenvalue weighted by atomic mass is 32.1. The molecular weight excluding hydrogens is 376 g/mol. The molecule has 0 bridgehead atoms. The van der Waals surface area contributed by atoms with Crippen molar-refractivity contribution in [2.45, 2.75) is 51.0 Å². The standard InChI is InChI=1S/C20H26N4O3S/c1-27-17-10-7-15(8-11-17)21-18(25)12-9-16-13-28-20(23-16)24-19(26)22-14-5-3-2-4-6-14/h7-8,10-11,13-14H,2-6,9,12H2,1H3,(H,21,25)(H2,22,23,24,26). The lowest BCUT2D eigenvalue weighted by Crippen LogP contribution is -2.38. The number of benzene rings is 1. The third-order valence-corrected chi connectivity index (χ3v) is 5.50. The summed E-state index contributed by atoms with van der Waals surface area (Å²) in [5, 5.41) is 11.1. The van der Waals surface area contributed by atoms with Gasteiger partial charge in [0.15, 0.2) is 5.13 Å². The summed E-state index contributed by atoms with van der Waals surface area (Å²) in [7, 11) is 1.60. The van der Waals surface area contributed by atoms with Crippen molar-refractivity contribution in [3.8, 4) is 5.75 Å². The van der Waals surface area contributed by atoms with Crippen LogP contribution in [-0.2, 0) is 11.2 Å². The van der Waals surface area contributed by atoms with Gasteiger partial charge >= 0.3 is 6.03 Å². The number of ether oxygens (including phenoxy) is 1. The molecule has 0 saturated heterocycles. The number of amides is 3. The first-order chi connectivity index (χ1) is 13.6. The molecule has 1 fully saturated rings. The maximum absolute atomic E-state index is 12.1. The van der Waals surface area contributed by atoms with Crippen LogP contribution in [0.1, 0.15) is 44.2 Å². The average molecular weight is 403 g/mol. The Labute approximate surface area is 168 Å². The molecule has 7 nitrogen and oxygen atoms in total. The molecule has 0 spiro atoms. The summed E-state index contributed by atoms with van der Waals surface area (Å²) in [6.45, 7) is 0. The summed E-state index contributed by atoms with van der Waals surface area (Å²) < 4.78 is 5.10. The highest BCUT2D eigenvalue weighted by Gasteiger charge is 2.16. The van der Waals surface area contributed by atoms with E-state index < -0.39 is 0 Å². The van der Waals surface area contributed by atoms with E-state index >= 15 is 0 Å². The quantitative estimate of drug-likeness (QED) is 0.648. The zero-order valence-electron chi connectivity index (χ0n) is 16.0. The monoisotopic (exact) mass is 402 g/mol. The second kappa shape index (κ2) is 10.1. The molecular formula is C20H26N4O3S. The Balaban J connectivity index is 1.40. The fraction of sp³-hybridized carbons (Fsp3) is 0.450. The fourth-order valence-electron chi connectivity index (χ4n) is 3.18. The van der Waals surface area contributed by atoms with Gasteiger partial charge in [-0.05, 0) is 43.5 Å². The van der Waals surface area contributed by atoms with E-state index in [4.69, 9.17) is 4.74 Å². The molecule has 28 heavy (non-hydrogen) atoms. The first-order valence-corrected chi connectivity index (χ1v) is 10.5. The molecule has 1 aliphatic carbocycles. The summed E-state index contributed by atoms with van der Waals surface area (Å²) in [4.78, 5) is 28.6. The molecule has 1 aromatic heterocycles. The highest BCUT2D eigenvalue weighted by molar-refractivity contribution is 7.13. The molecule has 1 aromatic carbocycles. The normalized spacial score (nSPS) is 14.3. The SMILES string of the molecule is COc1ccc(NC(=O)CCc2csc(NC(=O)NC3CCCCC3)n2)cc1. The van der Waals surface area contributed by atoms with E-state index in [1.165, 1.54) is 30.6 Å². The molecule has 0 unspecified atom stereocenters. The van der Waals surface area contributed by atoms with Crippen LogP contribution < -0.4 is 20.7 Å². The number of urea groups is 1. The van der Waals surface area contributed by atoms with Crippen molar-refractivity contribution in [2.75, 3.05) is 17.7 Å². The predicted octanol–water partition coefficient (Wildman–Crippen LogP) is 4.18. The summed E-state index contributed by atoms with van der Waals surface area (Å²) >= 11 is 1.37. The van der Waals surface area contributed by atoms with E-state index in [9.17, 15) is 9.59 Å². The molecule has 3 rings (SSSR count). The first kappa shape index (κ1) is 20.1. The van der Waals surface area contributed by atoms with Crippen molar-refractivity contribution < 1.29 is 14.3 Å². The molecule has 0 aliphatic heterocycles. The van der Waals surface area contributed by atoms with Crippen LogP contribution in [0.5, 0.6) is 5.75 Å². The Kier molecular flexibility index (Phi) is 7.25. The van der Waals surface area contributed by atoms with E-state index in [-0.39, 0.29) is 18.0 Å². The summed E-state index contributed by atoms with van der Waals surface area (Å²) in [6, 6.07) is 7.25. The van der Waals surface area contributed by atoms with Crippen molar-refractivity contribution in [1.29, 1.82) is 0 Å². The Morgan fingerprint density at radius 3 is 2.61 bits per heavy atom. The Morgan fingerprint density at radius 2 is 1.89 bits per heavy atom. The minimum Gasteiger partial charge on any atom is -0.497 e. The molecule has 2 aromatic rings. The third kappa shape index (κ3) is 6.23.